The standard InChI is InChI=1S/C17H24N2O3.2ClH/c1-2-15-16(21-10-9-20-15)11-14(1)12-19-6-3-17(4-7-19)13-18-5-8-22-17;;/h1-2,11,18H,3-10,12-13H2;2*1H. The minimum absolute atomic E-state index is 0. The number of hydrogen-bond acceptors (Lipinski definition) is 5. The van der Waals surface area contributed by atoms with Gasteiger partial charge in [0, 0.05) is 32.7 Å². The van der Waals surface area contributed by atoms with Gasteiger partial charge in [0.2, 0.25) is 0 Å². The number of likely N-dealkylation sites (tertiary alicyclic amines) is 1. The smallest absolute Gasteiger partial charge is 0.161 e. The third-order valence-corrected chi connectivity index (χ3v) is 4.91. The van der Waals surface area contributed by atoms with Gasteiger partial charge in [-0.05, 0) is 30.5 Å². The lowest BCUT2D eigenvalue weighted by Gasteiger charge is -2.44. The molecule has 136 valence electrons. The molecule has 1 N–H and O–H groups in total. The third kappa shape index (κ3) is 4.27. The number of fused-ring (bicyclic) bond motifs is 1. The maximum atomic E-state index is 6.05. The molecule has 24 heavy (non-hydrogen) atoms. The largest absolute Gasteiger partial charge is 0.486 e. The van der Waals surface area contributed by atoms with E-state index >= 15 is 0 Å². The molecule has 1 spiro atoms. The molecule has 3 aliphatic rings. The molecule has 5 nitrogen and oxygen atoms in total. The van der Waals surface area contributed by atoms with E-state index in [0.29, 0.717) is 13.2 Å². The molecule has 0 saturated carbocycles. The number of piperidine rings is 1. The Morgan fingerprint density at radius 2 is 1.75 bits per heavy atom. The van der Waals surface area contributed by atoms with Crippen molar-refractivity contribution in [1.29, 1.82) is 0 Å². The van der Waals surface area contributed by atoms with Gasteiger partial charge in [-0.25, -0.2) is 0 Å². The van der Waals surface area contributed by atoms with Crippen molar-refractivity contribution in [3.63, 3.8) is 0 Å². The Kier molecular flexibility index (Phi) is 7.01. The first-order valence-electron chi connectivity index (χ1n) is 8.29. The second kappa shape index (κ2) is 8.59. The van der Waals surface area contributed by atoms with E-state index in [2.05, 4.69) is 22.3 Å². The highest BCUT2D eigenvalue weighted by atomic mass is 35.5. The van der Waals surface area contributed by atoms with Crippen LogP contribution < -0.4 is 14.8 Å². The van der Waals surface area contributed by atoms with E-state index in [0.717, 1.165) is 63.7 Å². The summed E-state index contributed by atoms with van der Waals surface area (Å²) in [6.45, 7) is 7.30. The van der Waals surface area contributed by atoms with Crippen LogP contribution >= 0.6 is 24.8 Å². The maximum absolute atomic E-state index is 6.05. The number of ether oxygens (including phenoxy) is 3. The van der Waals surface area contributed by atoms with E-state index in [9.17, 15) is 0 Å². The minimum atomic E-state index is 0. The van der Waals surface area contributed by atoms with Crippen LogP contribution in [-0.2, 0) is 11.3 Å². The van der Waals surface area contributed by atoms with E-state index in [4.69, 9.17) is 14.2 Å². The van der Waals surface area contributed by atoms with E-state index in [1.165, 1.54) is 5.56 Å². The Morgan fingerprint density at radius 3 is 2.46 bits per heavy atom. The number of nitrogens with zero attached hydrogens (tertiary/aromatic N) is 1. The van der Waals surface area contributed by atoms with Crippen molar-refractivity contribution < 1.29 is 14.2 Å². The van der Waals surface area contributed by atoms with E-state index < -0.39 is 0 Å². The topological polar surface area (TPSA) is 43.0 Å². The van der Waals surface area contributed by atoms with Crippen LogP contribution in [0.25, 0.3) is 0 Å². The quantitative estimate of drug-likeness (QED) is 0.857. The first-order chi connectivity index (χ1) is 10.8. The fourth-order valence-corrected chi connectivity index (χ4v) is 3.59. The van der Waals surface area contributed by atoms with Gasteiger partial charge in [-0.1, -0.05) is 6.07 Å². The van der Waals surface area contributed by atoms with Crippen molar-refractivity contribution >= 4 is 24.8 Å². The van der Waals surface area contributed by atoms with Crippen LogP contribution in [0.4, 0.5) is 0 Å². The van der Waals surface area contributed by atoms with Gasteiger partial charge in [0.25, 0.3) is 0 Å². The highest BCUT2D eigenvalue weighted by Gasteiger charge is 2.36. The fraction of sp³-hybridized carbons (Fsp3) is 0.647. The zero-order valence-electron chi connectivity index (χ0n) is 13.8. The summed E-state index contributed by atoms with van der Waals surface area (Å²) in [5.41, 5.74) is 1.38. The number of rotatable bonds is 2. The molecule has 0 radical (unpaired) electrons. The van der Waals surface area contributed by atoms with Gasteiger partial charge in [0.15, 0.2) is 11.5 Å². The van der Waals surface area contributed by atoms with Gasteiger partial charge in [0.05, 0.1) is 12.2 Å². The van der Waals surface area contributed by atoms with Gasteiger partial charge in [-0.15, -0.1) is 24.8 Å². The van der Waals surface area contributed by atoms with Crippen molar-refractivity contribution in [2.75, 3.05) is 46.0 Å². The molecule has 1 aromatic rings. The first-order valence-corrected chi connectivity index (χ1v) is 8.29. The third-order valence-electron chi connectivity index (χ3n) is 4.91. The molecular formula is C17H26Cl2N2O3. The zero-order chi connectivity index (χ0) is 14.8. The number of halogens is 2. The monoisotopic (exact) mass is 376 g/mol. The first kappa shape index (κ1) is 19.6. The lowest BCUT2D eigenvalue weighted by molar-refractivity contribution is -0.100. The minimum Gasteiger partial charge on any atom is -0.486 e. The van der Waals surface area contributed by atoms with Crippen LogP contribution in [0.15, 0.2) is 18.2 Å². The van der Waals surface area contributed by atoms with Crippen molar-refractivity contribution in [3.05, 3.63) is 23.8 Å². The average molecular weight is 377 g/mol. The van der Waals surface area contributed by atoms with Crippen molar-refractivity contribution in [1.82, 2.24) is 10.2 Å². The summed E-state index contributed by atoms with van der Waals surface area (Å²) in [5, 5.41) is 3.47. The van der Waals surface area contributed by atoms with Crippen LogP contribution in [-0.4, -0.2) is 56.5 Å². The zero-order valence-corrected chi connectivity index (χ0v) is 15.4. The summed E-state index contributed by atoms with van der Waals surface area (Å²) in [5.74, 6) is 1.76. The Morgan fingerprint density at radius 1 is 1.00 bits per heavy atom. The van der Waals surface area contributed by atoms with Crippen molar-refractivity contribution in [3.8, 4) is 11.5 Å². The highest BCUT2D eigenvalue weighted by Crippen LogP contribution is 2.32. The number of benzene rings is 1. The van der Waals surface area contributed by atoms with Gasteiger partial charge < -0.3 is 19.5 Å². The van der Waals surface area contributed by atoms with Crippen molar-refractivity contribution in [2.45, 2.75) is 25.0 Å². The average Bonchev–Trinajstić information content (AvgIpc) is 2.58. The molecule has 0 bridgehead atoms. The van der Waals surface area contributed by atoms with E-state index in [1.807, 2.05) is 6.07 Å². The highest BCUT2D eigenvalue weighted by molar-refractivity contribution is 5.85. The lowest BCUT2D eigenvalue weighted by atomic mass is 9.90. The molecule has 3 aliphatic heterocycles. The Bertz CT molecular complexity index is 529. The predicted octanol–water partition coefficient (Wildman–Crippen LogP) is 2.26. The molecule has 0 amide bonds. The van der Waals surface area contributed by atoms with Crippen LogP contribution in [0.3, 0.4) is 0 Å². The van der Waals surface area contributed by atoms with Crippen LogP contribution in [0.5, 0.6) is 11.5 Å². The number of morpholine rings is 1. The summed E-state index contributed by atoms with van der Waals surface area (Å²) in [6.07, 6.45) is 2.23. The van der Waals surface area contributed by atoms with E-state index in [-0.39, 0.29) is 30.4 Å². The van der Waals surface area contributed by atoms with Crippen LogP contribution in [0.1, 0.15) is 18.4 Å². The molecule has 7 heteroatoms. The molecule has 4 rings (SSSR count). The molecule has 1 aromatic carbocycles. The summed E-state index contributed by atoms with van der Waals surface area (Å²) in [7, 11) is 0. The maximum Gasteiger partial charge on any atom is 0.161 e. The predicted molar refractivity (Wildman–Crippen MR) is 98.0 cm³/mol. The Balaban J connectivity index is 0.00000104. The SMILES string of the molecule is Cl.Cl.c1cc2c(cc1CN1CCC3(CC1)CNCCO3)OCCO2. The van der Waals surface area contributed by atoms with Gasteiger partial charge in [-0.3, -0.25) is 4.90 Å². The van der Waals surface area contributed by atoms with Gasteiger partial charge in [-0.2, -0.15) is 0 Å². The van der Waals surface area contributed by atoms with Crippen LogP contribution in [0.2, 0.25) is 0 Å². The summed E-state index contributed by atoms with van der Waals surface area (Å²) in [6, 6.07) is 6.30. The van der Waals surface area contributed by atoms with Crippen molar-refractivity contribution in [2.24, 2.45) is 0 Å². The molecule has 0 aliphatic carbocycles. The van der Waals surface area contributed by atoms with Crippen LogP contribution in [0, 0.1) is 0 Å². The fourth-order valence-electron chi connectivity index (χ4n) is 3.59. The molecule has 2 saturated heterocycles. The molecule has 2 fully saturated rings. The normalized spacial score (nSPS) is 22.3. The summed E-state index contributed by atoms with van der Waals surface area (Å²) >= 11 is 0. The Labute approximate surface area is 155 Å². The molecule has 0 atom stereocenters. The number of nitrogens with one attached hydrogen (secondary N) is 1. The Hall–Kier alpha value is -0.720. The summed E-state index contributed by atoms with van der Waals surface area (Å²) < 4.78 is 17.3. The second-order valence-corrected chi connectivity index (χ2v) is 6.46. The molecular weight excluding hydrogens is 351 g/mol. The number of hydrogen-bond donors (Lipinski definition) is 1. The van der Waals surface area contributed by atoms with Gasteiger partial charge in [0.1, 0.15) is 13.2 Å². The van der Waals surface area contributed by atoms with Gasteiger partial charge >= 0.3 is 0 Å². The molecule has 0 unspecified atom stereocenters. The lowest BCUT2D eigenvalue weighted by Crippen LogP contribution is -2.55. The van der Waals surface area contributed by atoms with E-state index in [1.54, 1.807) is 0 Å². The molecule has 3 heterocycles. The molecule has 0 aromatic heterocycles. The summed E-state index contributed by atoms with van der Waals surface area (Å²) in [4.78, 5) is 2.51. The second-order valence-electron chi connectivity index (χ2n) is 6.46.